The molecule has 0 amide bonds. The first-order valence-electron chi connectivity index (χ1n) is 8.68. The topological polar surface area (TPSA) is 105 Å². The van der Waals surface area contributed by atoms with Gasteiger partial charge in [0.25, 0.3) is 0 Å². The van der Waals surface area contributed by atoms with Crippen molar-refractivity contribution in [2.75, 3.05) is 24.7 Å². The quantitative estimate of drug-likeness (QED) is 0.796. The molecule has 0 aromatic carbocycles. The predicted molar refractivity (Wildman–Crippen MR) is 94.0 cm³/mol. The van der Waals surface area contributed by atoms with E-state index < -0.39 is 15.6 Å². The Bertz CT molecular complexity index is 702. The zero-order valence-electron chi connectivity index (χ0n) is 14.7. The number of aliphatic hydroxyl groups is 1. The smallest absolute Gasteiger partial charge is 0.226 e. The van der Waals surface area contributed by atoms with Crippen molar-refractivity contribution >= 4 is 16.0 Å². The Morgan fingerprint density at radius 2 is 2.08 bits per heavy atom. The van der Waals surface area contributed by atoms with E-state index in [1.165, 1.54) is 10.6 Å². The number of nitrogens with zero attached hydrogens (tertiary/aromatic N) is 3. The number of anilines is 1. The van der Waals surface area contributed by atoms with Gasteiger partial charge in [-0.25, -0.2) is 17.7 Å². The maximum absolute atomic E-state index is 11.6. The molecule has 2 atom stereocenters. The molecule has 25 heavy (non-hydrogen) atoms. The van der Waals surface area contributed by atoms with Gasteiger partial charge in [0.05, 0.1) is 11.9 Å². The lowest BCUT2D eigenvalue weighted by Gasteiger charge is -2.30. The van der Waals surface area contributed by atoms with E-state index in [9.17, 15) is 13.5 Å². The minimum absolute atomic E-state index is 0.128. The minimum atomic E-state index is -3.12. The SMILES string of the molecule is CC1(O)CCCC1Oc1ccnc(NC2CCN(S(C)(=O)=O)CC2)n1. The summed E-state index contributed by atoms with van der Waals surface area (Å²) in [5.41, 5.74) is -0.822. The Morgan fingerprint density at radius 1 is 1.36 bits per heavy atom. The van der Waals surface area contributed by atoms with Crippen LogP contribution in [0.2, 0.25) is 0 Å². The van der Waals surface area contributed by atoms with E-state index in [-0.39, 0.29) is 12.1 Å². The van der Waals surface area contributed by atoms with E-state index in [1.807, 2.05) is 0 Å². The lowest BCUT2D eigenvalue weighted by Crippen LogP contribution is -2.42. The molecule has 2 fully saturated rings. The number of aromatic nitrogens is 2. The van der Waals surface area contributed by atoms with Gasteiger partial charge in [0.2, 0.25) is 21.9 Å². The number of sulfonamides is 1. The molecule has 1 aliphatic heterocycles. The summed E-state index contributed by atoms with van der Waals surface area (Å²) < 4.78 is 30.5. The summed E-state index contributed by atoms with van der Waals surface area (Å²) in [5.74, 6) is 0.909. The lowest BCUT2D eigenvalue weighted by molar-refractivity contribution is -0.0269. The number of hydrogen-bond donors (Lipinski definition) is 2. The molecule has 140 valence electrons. The molecule has 1 saturated heterocycles. The molecule has 8 nitrogen and oxygen atoms in total. The fraction of sp³-hybridized carbons (Fsp3) is 0.750. The van der Waals surface area contributed by atoms with E-state index in [4.69, 9.17) is 4.74 Å². The molecule has 1 aliphatic carbocycles. The number of ether oxygens (including phenoxy) is 1. The van der Waals surface area contributed by atoms with Crippen LogP contribution in [0.3, 0.4) is 0 Å². The van der Waals surface area contributed by atoms with Gasteiger partial charge in [-0.15, -0.1) is 0 Å². The van der Waals surface area contributed by atoms with Crippen molar-refractivity contribution in [2.45, 2.75) is 56.8 Å². The standard InChI is InChI=1S/C16H26N4O4S/c1-16(21)8-3-4-13(16)24-14-5-9-17-15(19-14)18-12-6-10-20(11-7-12)25(2,22)23/h5,9,12-13,21H,3-4,6-8,10-11H2,1-2H3,(H,17,18,19). The third kappa shape index (κ3) is 4.59. The highest BCUT2D eigenvalue weighted by Gasteiger charge is 2.38. The molecule has 9 heteroatoms. The van der Waals surface area contributed by atoms with Crippen molar-refractivity contribution in [3.8, 4) is 5.88 Å². The summed E-state index contributed by atoms with van der Waals surface area (Å²) >= 11 is 0. The van der Waals surface area contributed by atoms with Gasteiger partial charge in [-0.3, -0.25) is 0 Å². The van der Waals surface area contributed by atoms with Crippen molar-refractivity contribution in [2.24, 2.45) is 0 Å². The zero-order chi connectivity index (χ0) is 18.1. The average molecular weight is 370 g/mol. The van der Waals surface area contributed by atoms with E-state index in [2.05, 4.69) is 15.3 Å². The molecule has 2 heterocycles. The van der Waals surface area contributed by atoms with Crippen molar-refractivity contribution in [1.82, 2.24) is 14.3 Å². The first-order valence-corrected chi connectivity index (χ1v) is 10.5. The molecule has 2 unspecified atom stereocenters. The number of piperidine rings is 1. The van der Waals surface area contributed by atoms with Crippen LogP contribution in [0.15, 0.2) is 12.3 Å². The van der Waals surface area contributed by atoms with Crippen molar-refractivity contribution in [3.05, 3.63) is 12.3 Å². The Hall–Kier alpha value is -1.45. The van der Waals surface area contributed by atoms with Crippen molar-refractivity contribution in [1.29, 1.82) is 0 Å². The van der Waals surface area contributed by atoms with Crippen LogP contribution in [0.1, 0.15) is 39.0 Å². The second-order valence-corrected chi connectivity index (χ2v) is 9.14. The zero-order valence-corrected chi connectivity index (χ0v) is 15.5. The fourth-order valence-electron chi connectivity index (χ4n) is 3.44. The van der Waals surface area contributed by atoms with E-state index in [1.54, 1.807) is 19.2 Å². The van der Waals surface area contributed by atoms with E-state index in [0.29, 0.717) is 37.8 Å². The van der Waals surface area contributed by atoms with Gasteiger partial charge in [-0.05, 0) is 39.0 Å². The molecule has 1 aromatic rings. The molecule has 3 rings (SSSR count). The van der Waals surface area contributed by atoms with Crippen molar-refractivity contribution in [3.63, 3.8) is 0 Å². The second kappa shape index (κ2) is 7.05. The molecule has 2 aliphatic rings. The Morgan fingerprint density at radius 3 is 2.68 bits per heavy atom. The van der Waals surface area contributed by atoms with Crippen LogP contribution >= 0.6 is 0 Å². The summed E-state index contributed by atoms with van der Waals surface area (Å²) in [4.78, 5) is 8.59. The van der Waals surface area contributed by atoms with Crippen molar-refractivity contribution < 1.29 is 18.3 Å². The summed E-state index contributed by atoms with van der Waals surface area (Å²) in [5, 5.41) is 13.6. The van der Waals surface area contributed by atoms with Gasteiger partial charge >= 0.3 is 0 Å². The molecule has 0 radical (unpaired) electrons. The summed E-state index contributed by atoms with van der Waals surface area (Å²) in [6.45, 7) is 2.79. The van der Waals surface area contributed by atoms with Gasteiger partial charge in [0.15, 0.2) is 0 Å². The van der Waals surface area contributed by atoms with Crippen LogP contribution in [0.25, 0.3) is 0 Å². The Kier molecular flexibility index (Phi) is 5.17. The van der Waals surface area contributed by atoms with Gasteiger partial charge in [0.1, 0.15) is 6.10 Å². The molecule has 1 saturated carbocycles. The molecule has 0 bridgehead atoms. The maximum atomic E-state index is 11.6. The van der Waals surface area contributed by atoms with Gasteiger partial charge < -0.3 is 15.2 Å². The normalized spacial score (nSPS) is 28.8. The van der Waals surface area contributed by atoms with Crippen LogP contribution in [-0.4, -0.2) is 64.9 Å². The largest absolute Gasteiger partial charge is 0.471 e. The third-order valence-corrected chi connectivity index (χ3v) is 6.30. The predicted octanol–water partition coefficient (Wildman–Crippen LogP) is 0.995. The van der Waals surface area contributed by atoms with Gasteiger partial charge in [-0.2, -0.15) is 4.98 Å². The summed E-state index contributed by atoms with van der Waals surface area (Å²) in [6, 6.07) is 1.81. The van der Waals surface area contributed by atoms with Crippen LogP contribution in [0.4, 0.5) is 5.95 Å². The first kappa shape index (κ1) is 18.3. The molecular weight excluding hydrogens is 344 g/mol. The number of nitrogens with one attached hydrogen (secondary N) is 1. The third-order valence-electron chi connectivity index (χ3n) is 4.99. The lowest BCUT2D eigenvalue weighted by atomic mass is 10.0. The van der Waals surface area contributed by atoms with Crippen LogP contribution in [0.5, 0.6) is 5.88 Å². The van der Waals surface area contributed by atoms with Gasteiger partial charge in [0, 0.05) is 31.4 Å². The fourth-order valence-corrected chi connectivity index (χ4v) is 4.31. The van der Waals surface area contributed by atoms with E-state index in [0.717, 1.165) is 19.3 Å². The monoisotopic (exact) mass is 370 g/mol. The second-order valence-electron chi connectivity index (χ2n) is 7.16. The molecule has 1 aromatic heterocycles. The summed E-state index contributed by atoms with van der Waals surface area (Å²) in [7, 11) is -3.12. The number of hydrogen-bond acceptors (Lipinski definition) is 7. The van der Waals surface area contributed by atoms with Crippen LogP contribution in [-0.2, 0) is 10.0 Å². The van der Waals surface area contributed by atoms with Gasteiger partial charge in [-0.1, -0.05) is 0 Å². The van der Waals surface area contributed by atoms with Crippen LogP contribution < -0.4 is 10.1 Å². The molecular formula is C16H26N4O4S. The highest BCUT2D eigenvalue weighted by molar-refractivity contribution is 7.88. The number of rotatable bonds is 5. The summed E-state index contributed by atoms with van der Waals surface area (Å²) in [6.07, 6.45) is 6.50. The first-order chi connectivity index (χ1) is 11.7. The van der Waals surface area contributed by atoms with E-state index >= 15 is 0 Å². The Labute approximate surface area is 148 Å². The molecule has 0 spiro atoms. The molecule has 2 N–H and O–H groups in total. The van der Waals surface area contributed by atoms with Crippen LogP contribution in [0, 0.1) is 0 Å². The maximum Gasteiger partial charge on any atom is 0.226 e. The highest BCUT2D eigenvalue weighted by atomic mass is 32.2. The highest BCUT2D eigenvalue weighted by Crippen LogP contribution is 2.32. The average Bonchev–Trinajstić information content (AvgIpc) is 2.86. The minimum Gasteiger partial charge on any atom is -0.471 e. The Balaban J connectivity index is 1.57.